The summed E-state index contributed by atoms with van der Waals surface area (Å²) in [6.45, 7) is 12.4. The van der Waals surface area contributed by atoms with Crippen LogP contribution in [0.25, 0.3) is 21.3 Å². The van der Waals surface area contributed by atoms with Gasteiger partial charge in [0.05, 0.1) is 11.9 Å². The van der Waals surface area contributed by atoms with E-state index in [1.807, 2.05) is 0 Å². The largest absolute Gasteiger partial charge is 0.309 e. The first kappa shape index (κ1) is 18.3. The third-order valence-electron chi connectivity index (χ3n) is 5.46. The number of benzene rings is 1. The minimum absolute atomic E-state index is 0.0284. The molecule has 1 aliphatic rings. The first-order chi connectivity index (χ1) is 13.0. The van der Waals surface area contributed by atoms with E-state index >= 15 is 0 Å². The standard InChI is InChI=1S/C21H26N4OS/c1-4-24-7-9-25(10-8-24)12-18-22-20(26)19-17(13-27-21(19)23-18)16-11-14(2)5-6-15(16)3/h5-6,11,13H,4,7-10,12H2,1-3H3,(H,22,23,26). The maximum atomic E-state index is 12.9. The van der Waals surface area contributed by atoms with Crippen LogP contribution in [0.2, 0.25) is 0 Å². The van der Waals surface area contributed by atoms with Crippen molar-refractivity contribution in [2.75, 3.05) is 32.7 Å². The fourth-order valence-electron chi connectivity index (χ4n) is 3.77. The predicted octanol–water partition coefficient (Wildman–Crippen LogP) is 3.41. The molecule has 4 rings (SSSR count). The lowest BCUT2D eigenvalue weighted by Crippen LogP contribution is -2.45. The van der Waals surface area contributed by atoms with E-state index in [9.17, 15) is 4.79 Å². The lowest BCUT2D eigenvalue weighted by Gasteiger charge is -2.33. The second-order valence-corrected chi connectivity index (χ2v) is 8.23. The van der Waals surface area contributed by atoms with Crippen molar-refractivity contribution in [3.63, 3.8) is 0 Å². The van der Waals surface area contributed by atoms with Crippen LogP contribution < -0.4 is 5.56 Å². The number of aryl methyl sites for hydroxylation is 2. The van der Waals surface area contributed by atoms with Crippen molar-refractivity contribution in [1.82, 2.24) is 19.8 Å². The maximum absolute atomic E-state index is 12.9. The minimum Gasteiger partial charge on any atom is -0.309 e. The van der Waals surface area contributed by atoms with E-state index in [2.05, 4.69) is 59.1 Å². The summed E-state index contributed by atoms with van der Waals surface area (Å²) in [6, 6.07) is 6.36. The van der Waals surface area contributed by atoms with Crippen molar-refractivity contribution in [2.24, 2.45) is 0 Å². The molecule has 1 aliphatic heterocycles. The molecule has 0 aliphatic carbocycles. The van der Waals surface area contributed by atoms with E-state index in [4.69, 9.17) is 4.98 Å². The Morgan fingerprint density at radius 1 is 1.11 bits per heavy atom. The van der Waals surface area contributed by atoms with Crippen LogP contribution in [0.15, 0.2) is 28.4 Å². The molecule has 0 spiro atoms. The predicted molar refractivity (Wildman–Crippen MR) is 113 cm³/mol. The number of likely N-dealkylation sites (N-methyl/N-ethyl adjacent to an activating group) is 1. The van der Waals surface area contributed by atoms with Gasteiger partial charge in [-0.25, -0.2) is 4.98 Å². The number of piperazine rings is 1. The summed E-state index contributed by atoms with van der Waals surface area (Å²) >= 11 is 1.56. The number of aromatic nitrogens is 2. The summed E-state index contributed by atoms with van der Waals surface area (Å²) in [5.74, 6) is 0.770. The second kappa shape index (κ2) is 7.54. The summed E-state index contributed by atoms with van der Waals surface area (Å²) in [4.78, 5) is 26.3. The molecule has 0 unspecified atom stereocenters. The van der Waals surface area contributed by atoms with Gasteiger partial charge in [0.15, 0.2) is 0 Å². The van der Waals surface area contributed by atoms with Crippen LogP contribution in [0.3, 0.4) is 0 Å². The highest BCUT2D eigenvalue weighted by Crippen LogP contribution is 2.33. The topological polar surface area (TPSA) is 52.2 Å². The van der Waals surface area contributed by atoms with E-state index in [1.165, 1.54) is 11.1 Å². The molecule has 2 aromatic heterocycles. The highest BCUT2D eigenvalue weighted by atomic mass is 32.1. The molecule has 0 saturated carbocycles. The number of thiophene rings is 1. The van der Waals surface area contributed by atoms with Gasteiger partial charge in [0.25, 0.3) is 5.56 Å². The Hall–Kier alpha value is -2.02. The average molecular weight is 383 g/mol. The van der Waals surface area contributed by atoms with Crippen molar-refractivity contribution in [1.29, 1.82) is 0 Å². The quantitative estimate of drug-likeness (QED) is 0.751. The molecule has 5 nitrogen and oxygen atoms in total. The van der Waals surface area contributed by atoms with Gasteiger partial charge in [-0.1, -0.05) is 30.7 Å². The Labute approximate surface area is 163 Å². The van der Waals surface area contributed by atoms with E-state index in [1.54, 1.807) is 11.3 Å². The number of H-pyrrole nitrogens is 1. The van der Waals surface area contributed by atoms with Crippen molar-refractivity contribution >= 4 is 21.6 Å². The molecule has 0 bridgehead atoms. The normalized spacial score (nSPS) is 16.3. The van der Waals surface area contributed by atoms with Crippen LogP contribution in [0, 0.1) is 13.8 Å². The zero-order valence-electron chi connectivity index (χ0n) is 16.2. The van der Waals surface area contributed by atoms with Crippen molar-refractivity contribution in [3.05, 3.63) is 50.9 Å². The number of nitrogens with one attached hydrogen (secondary N) is 1. The van der Waals surface area contributed by atoms with Gasteiger partial charge in [0.1, 0.15) is 10.7 Å². The Morgan fingerprint density at radius 2 is 1.85 bits per heavy atom. The number of aromatic amines is 1. The molecule has 1 N–H and O–H groups in total. The molecule has 3 aromatic rings. The number of nitrogens with zero attached hydrogens (tertiary/aromatic N) is 3. The molecule has 1 aromatic carbocycles. The second-order valence-electron chi connectivity index (χ2n) is 7.37. The molecule has 6 heteroatoms. The molecule has 1 fully saturated rings. The highest BCUT2D eigenvalue weighted by molar-refractivity contribution is 7.17. The lowest BCUT2D eigenvalue weighted by atomic mass is 9.99. The van der Waals surface area contributed by atoms with Gasteiger partial charge in [0.2, 0.25) is 0 Å². The summed E-state index contributed by atoms with van der Waals surface area (Å²) in [7, 11) is 0. The van der Waals surface area contributed by atoms with Crippen molar-refractivity contribution in [2.45, 2.75) is 27.3 Å². The third-order valence-corrected chi connectivity index (χ3v) is 6.33. The fraction of sp³-hybridized carbons (Fsp3) is 0.429. The summed E-state index contributed by atoms with van der Waals surface area (Å²) in [5.41, 5.74) is 4.46. The van der Waals surface area contributed by atoms with Gasteiger partial charge in [0, 0.05) is 37.1 Å². The minimum atomic E-state index is -0.0284. The van der Waals surface area contributed by atoms with Crippen LogP contribution in [0.5, 0.6) is 0 Å². The Morgan fingerprint density at radius 3 is 2.59 bits per heavy atom. The van der Waals surface area contributed by atoms with Gasteiger partial charge >= 0.3 is 0 Å². The van der Waals surface area contributed by atoms with E-state index < -0.39 is 0 Å². The molecule has 27 heavy (non-hydrogen) atoms. The lowest BCUT2D eigenvalue weighted by molar-refractivity contribution is 0.129. The Bertz CT molecular complexity index is 1010. The van der Waals surface area contributed by atoms with Gasteiger partial charge in [-0.2, -0.15) is 0 Å². The van der Waals surface area contributed by atoms with Crippen LogP contribution >= 0.6 is 11.3 Å². The van der Waals surface area contributed by atoms with Crippen molar-refractivity contribution < 1.29 is 0 Å². The monoisotopic (exact) mass is 382 g/mol. The molecular formula is C21H26N4OS. The SMILES string of the molecule is CCN1CCN(Cc2nc3scc(-c4cc(C)ccc4C)c3c(=O)[nH]2)CC1. The molecule has 3 heterocycles. The van der Waals surface area contributed by atoms with E-state index in [0.717, 1.165) is 54.5 Å². The molecule has 0 radical (unpaired) electrons. The van der Waals surface area contributed by atoms with Gasteiger partial charge in [-0.3, -0.25) is 9.69 Å². The number of fused-ring (bicyclic) bond motifs is 1. The maximum Gasteiger partial charge on any atom is 0.260 e. The van der Waals surface area contributed by atoms with Crippen LogP contribution in [-0.4, -0.2) is 52.5 Å². The fourth-order valence-corrected chi connectivity index (χ4v) is 4.73. The van der Waals surface area contributed by atoms with E-state index in [-0.39, 0.29) is 5.56 Å². The van der Waals surface area contributed by atoms with Crippen LogP contribution in [-0.2, 0) is 6.54 Å². The number of rotatable bonds is 4. The Kier molecular flexibility index (Phi) is 5.12. The first-order valence-corrected chi connectivity index (χ1v) is 10.5. The zero-order chi connectivity index (χ0) is 19.0. The molecular weight excluding hydrogens is 356 g/mol. The van der Waals surface area contributed by atoms with Gasteiger partial charge < -0.3 is 9.88 Å². The van der Waals surface area contributed by atoms with Crippen LogP contribution in [0.1, 0.15) is 23.9 Å². The van der Waals surface area contributed by atoms with Crippen LogP contribution in [0.4, 0.5) is 0 Å². The average Bonchev–Trinajstić information content (AvgIpc) is 3.08. The third kappa shape index (κ3) is 3.70. The molecule has 1 saturated heterocycles. The highest BCUT2D eigenvalue weighted by Gasteiger charge is 2.18. The smallest absolute Gasteiger partial charge is 0.260 e. The summed E-state index contributed by atoms with van der Waals surface area (Å²) in [5, 5.41) is 2.78. The molecule has 0 amide bonds. The van der Waals surface area contributed by atoms with Gasteiger partial charge in [-0.05, 0) is 31.5 Å². The number of hydrogen-bond donors (Lipinski definition) is 1. The summed E-state index contributed by atoms with van der Waals surface area (Å²) < 4.78 is 0. The number of hydrogen-bond acceptors (Lipinski definition) is 5. The molecule has 142 valence electrons. The first-order valence-electron chi connectivity index (χ1n) is 9.58. The zero-order valence-corrected chi connectivity index (χ0v) is 17.0. The molecule has 0 atom stereocenters. The van der Waals surface area contributed by atoms with Crippen molar-refractivity contribution in [3.8, 4) is 11.1 Å². The van der Waals surface area contributed by atoms with E-state index in [0.29, 0.717) is 11.9 Å². The summed E-state index contributed by atoms with van der Waals surface area (Å²) in [6.07, 6.45) is 0. The Balaban J connectivity index is 1.64. The van der Waals surface area contributed by atoms with Gasteiger partial charge in [-0.15, -0.1) is 11.3 Å².